The minimum absolute atomic E-state index is 0.140. The fourth-order valence-corrected chi connectivity index (χ4v) is 5.94. The number of para-hydroxylation sites is 1. The maximum Gasteiger partial charge on any atom is 0.138 e. The molecular formula is C20H13Br4NO2S. The molecule has 0 radical (unpaired) electrons. The third-order valence-corrected chi connectivity index (χ3v) is 6.99. The van der Waals surface area contributed by atoms with Crippen molar-refractivity contribution >= 4 is 87.4 Å². The van der Waals surface area contributed by atoms with E-state index in [1.807, 2.05) is 36.4 Å². The van der Waals surface area contributed by atoms with Gasteiger partial charge in [0.25, 0.3) is 0 Å². The molecule has 0 bridgehead atoms. The Morgan fingerprint density at radius 1 is 0.857 bits per heavy atom. The number of aromatic hydroxyl groups is 2. The normalized spacial score (nSPS) is 11.3. The predicted molar refractivity (Wildman–Crippen MR) is 130 cm³/mol. The van der Waals surface area contributed by atoms with Gasteiger partial charge in [-0.3, -0.25) is 4.99 Å². The molecule has 0 amide bonds. The van der Waals surface area contributed by atoms with Crippen LogP contribution in [0.2, 0.25) is 0 Å². The van der Waals surface area contributed by atoms with Gasteiger partial charge >= 0.3 is 0 Å². The van der Waals surface area contributed by atoms with E-state index in [0.29, 0.717) is 20.3 Å². The third-order valence-electron chi connectivity index (χ3n) is 3.76. The van der Waals surface area contributed by atoms with Crippen molar-refractivity contribution in [3.05, 3.63) is 77.5 Å². The molecule has 28 heavy (non-hydrogen) atoms. The second kappa shape index (κ2) is 9.80. The average molecular weight is 651 g/mol. The highest BCUT2D eigenvalue weighted by Gasteiger charge is 2.10. The molecule has 0 saturated carbocycles. The monoisotopic (exact) mass is 647 g/mol. The van der Waals surface area contributed by atoms with Crippen molar-refractivity contribution < 1.29 is 10.2 Å². The Bertz CT molecular complexity index is 1060. The van der Waals surface area contributed by atoms with E-state index >= 15 is 0 Å². The van der Waals surface area contributed by atoms with Crippen LogP contribution >= 0.6 is 75.5 Å². The Balaban J connectivity index is 1.85. The molecule has 0 spiro atoms. The Hall–Kier alpha value is -0.800. The molecule has 3 aromatic carbocycles. The van der Waals surface area contributed by atoms with Crippen molar-refractivity contribution in [2.24, 2.45) is 4.99 Å². The van der Waals surface area contributed by atoms with Crippen LogP contribution in [0.4, 0.5) is 5.69 Å². The van der Waals surface area contributed by atoms with Gasteiger partial charge in [-0.05, 0) is 68.3 Å². The van der Waals surface area contributed by atoms with Gasteiger partial charge in [-0.2, -0.15) is 0 Å². The molecule has 0 heterocycles. The van der Waals surface area contributed by atoms with Gasteiger partial charge in [-0.1, -0.05) is 44.0 Å². The van der Waals surface area contributed by atoms with E-state index in [9.17, 15) is 10.2 Å². The fourth-order valence-electron chi connectivity index (χ4n) is 2.39. The molecule has 2 N–H and O–H groups in total. The lowest BCUT2D eigenvalue weighted by molar-refractivity contribution is 0.467. The van der Waals surface area contributed by atoms with E-state index in [4.69, 9.17) is 0 Å². The van der Waals surface area contributed by atoms with E-state index in [2.05, 4.69) is 68.7 Å². The van der Waals surface area contributed by atoms with Crippen molar-refractivity contribution in [3.63, 3.8) is 0 Å². The maximum atomic E-state index is 10.3. The summed E-state index contributed by atoms with van der Waals surface area (Å²) in [5.41, 5.74) is 2.21. The largest absolute Gasteiger partial charge is 0.506 e. The summed E-state index contributed by atoms with van der Waals surface area (Å²) in [6.45, 7) is 0. The number of phenolic OH excluding ortho intramolecular Hbond substituents is 2. The molecule has 144 valence electrons. The zero-order chi connectivity index (χ0) is 20.3. The van der Waals surface area contributed by atoms with Crippen LogP contribution < -0.4 is 0 Å². The number of phenols is 2. The van der Waals surface area contributed by atoms with Gasteiger partial charge in [-0.15, -0.1) is 11.8 Å². The summed E-state index contributed by atoms with van der Waals surface area (Å²) in [5.74, 6) is 0.964. The van der Waals surface area contributed by atoms with Crippen LogP contribution in [0.15, 0.2) is 76.3 Å². The van der Waals surface area contributed by atoms with Crippen molar-refractivity contribution in [2.75, 3.05) is 0 Å². The predicted octanol–water partition coefficient (Wildman–Crippen LogP) is 8.19. The summed E-state index contributed by atoms with van der Waals surface area (Å²) in [6.07, 6.45) is 1.64. The first-order valence-corrected chi connectivity index (χ1v) is 12.1. The standard InChI is InChI=1S/C20H13Br4NO2S/c21-13-5-11(19(26)15(23)7-13)9-25-17-3-1-2-4-18(17)28-10-12-6-14(22)8-16(24)20(12)27/h1-9,26-27H,10H2. The first kappa shape index (κ1) is 21.9. The number of hydrogen-bond donors (Lipinski definition) is 2. The summed E-state index contributed by atoms with van der Waals surface area (Å²) in [5, 5.41) is 20.5. The number of hydrogen-bond acceptors (Lipinski definition) is 4. The molecule has 0 aromatic heterocycles. The van der Waals surface area contributed by atoms with E-state index in [-0.39, 0.29) is 11.5 Å². The smallest absolute Gasteiger partial charge is 0.138 e. The Kier molecular flexibility index (Phi) is 7.67. The molecular weight excluding hydrogens is 638 g/mol. The van der Waals surface area contributed by atoms with Crippen LogP contribution in [0, 0.1) is 0 Å². The van der Waals surface area contributed by atoms with Gasteiger partial charge in [0.1, 0.15) is 11.5 Å². The van der Waals surface area contributed by atoms with Crippen LogP contribution in [0.5, 0.6) is 11.5 Å². The van der Waals surface area contributed by atoms with Gasteiger partial charge < -0.3 is 10.2 Å². The molecule has 0 aliphatic rings. The highest BCUT2D eigenvalue weighted by Crippen LogP contribution is 2.38. The van der Waals surface area contributed by atoms with Crippen molar-refractivity contribution in [1.82, 2.24) is 0 Å². The number of aliphatic imine (C=N–C) groups is 1. The second-order valence-electron chi connectivity index (χ2n) is 5.74. The molecule has 0 aliphatic carbocycles. The maximum absolute atomic E-state index is 10.3. The topological polar surface area (TPSA) is 52.8 Å². The lowest BCUT2D eigenvalue weighted by Gasteiger charge is -2.09. The molecule has 0 saturated heterocycles. The van der Waals surface area contributed by atoms with Crippen molar-refractivity contribution in [1.29, 1.82) is 0 Å². The summed E-state index contributed by atoms with van der Waals surface area (Å²) in [4.78, 5) is 5.54. The summed E-state index contributed by atoms with van der Waals surface area (Å²) < 4.78 is 2.99. The molecule has 0 unspecified atom stereocenters. The molecule has 0 fully saturated rings. The van der Waals surface area contributed by atoms with Gasteiger partial charge in [0.2, 0.25) is 0 Å². The summed E-state index contributed by atoms with van der Waals surface area (Å²) in [7, 11) is 0. The molecule has 8 heteroatoms. The van der Waals surface area contributed by atoms with E-state index in [0.717, 1.165) is 25.1 Å². The third kappa shape index (κ3) is 5.42. The van der Waals surface area contributed by atoms with Crippen LogP contribution in [0.1, 0.15) is 11.1 Å². The SMILES string of the molecule is Oc1c(Br)cc(Br)cc1C=Nc1ccccc1SCc1cc(Br)cc(Br)c1O. The van der Waals surface area contributed by atoms with Crippen LogP contribution in [0.3, 0.4) is 0 Å². The summed E-state index contributed by atoms with van der Waals surface area (Å²) >= 11 is 15.1. The van der Waals surface area contributed by atoms with Crippen LogP contribution in [0.25, 0.3) is 0 Å². The van der Waals surface area contributed by atoms with E-state index in [1.54, 1.807) is 30.1 Å². The van der Waals surface area contributed by atoms with Crippen molar-refractivity contribution in [2.45, 2.75) is 10.6 Å². The second-order valence-corrected chi connectivity index (χ2v) is 10.3. The minimum Gasteiger partial charge on any atom is -0.506 e. The van der Waals surface area contributed by atoms with Gasteiger partial charge in [-0.25, -0.2) is 0 Å². The lowest BCUT2D eigenvalue weighted by atomic mass is 10.2. The Morgan fingerprint density at radius 2 is 1.50 bits per heavy atom. The fraction of sp³-hybridized carbons (Fsp3) is 0.0500. The zero-order valence-corrected chi connectivity index (χ0v) is 21.3. The number of benzene rings is 3. The molecule has 3 nitrogen and oxygen atoms in total. The van der Waals surface area contributed by atoms with Crippen molar-refractivity contribution in [3.8, 4) is 11.5 Å². The minimum atomic E-state index is 0.140. The highest BCUT2D eigenvalue weighted by molar-refractivity contribution is 9.11. The first-order valence-electron chi connectivity index (χ1n) is 7.96. The van der Waals surface area contributed by atoms with Crippen LogP contribution in [-0.4, -0.2) is 16.4 Å². The molecule has 3 aromatic rings. The van der Waals surface area contributed by atoms with Gasteiger partial charge in [0.15, 0.2) is 0 Å². The van der Waals surface area contributed by atoms with Gasteiger partial charge in [0.05, 0.1) is 14.6 Å². The molecule has 0 aliphatic heterocycles. The summed E-state index contributed by atoms with van der Waals surface area (Å²) in [6, 6.07) is 15.1. The highest BCUT2D eigenvalue weighted by atomic mass is 79.9. The number of nitrogens with zero attached hydrogens (tertiary/aromatic N) is 1. The number of thioether (sulfide) groups is 1. The zero-order valence-electron chi connectivity index (χ0n) is 14.2. The first-order chi connectivity index (χ1) is 13.3. The van der Waals surface area contributed by atoms with Gasteiger partial charge in [0, 0.05) is 36.9 Å². The van der Waals surface area contributed by atoms with Crippen LogP contribution in [-0.2, 0) is 5.75 Å². The quantitative estimate of drug-likeness (QED) is 0.216. The Morgan fingerprint density at radius 3 is 2.25 bits per heavy atom. The number of halogens is 4. The average Bonchev–Trinajstić information content (AvgIpc) is 2.65. The number of rotatable bonds is 5. The van der Waals surface area contributed by atoms with E-state index < -0.39 is 0 Å². The molecule has 3 rings (SSSR count). The van der Waals surface area contributed by atoms with E-state index in [1.165, 1.54) is 0 Å². The lowest BCUT2D eigenvalue weighted by Crippen LogP contribution is -1.86. The molecule has 0 atom stereocenters. The Labute approximate surface area is 200 Å².